The van der Waals surface area contributed by atoms with E-state index < -0.39 is 18.0 Å². The van der Waals surface area contributed by atoms with Gasteiger partial charge in [-0.25, -0.2) is 0 Å². The van der Waals surface area contributed by atoms with Crippen LogP contribution in [0.25, 0.3) is 0 Å². The number of benzene rings is 1. The zero-order chi connectivity index (χ0) is 21.0. The number of aryl methyl sites for hydroxylation is 3. The SMILES string of the molecule is Cc1cc(NC(=O)C(OC(=O)CCc2c(C)nn(C)c2C)c2ccccc2)no1. The first-order valence-electron chi connectivity index (χ1n) is 9.33. The molecule has 152 valence electrons. The van der Waals surface area contributed by atoms with Crippen LogP contribution >= 0.6 is 0 Å². The van der Waals surface area contributed by atoms with Crippen molar-refractivity contribution in [2.45, 2.75) is 39.7 Å². The number of amides is 1. The molecule has 0 fully saturated rings. The van der Waals surface area contributed by atoms with E-state index in [1.54, 1.807) is 41.9 Å². The second-order valence-electron chi connectivity index (χ2n) is 6.87. The summed E-state index contributed by atoms with van der Waals surface area (Å²) in [5, 5.41) is 10.7. The van der Waals surface area contributed by atoms with Crippen LogP contribution in [0.2, 0.25) is 0 Å². The Balaban J connectivity index is 1.70. The number of carbonyl (C=O) groups is 2. The summed E-state index contributed by atoms with van der Waals surface area (Å²) in [4.78, 5) is 25.3. The summed E-state index contributed by atoms with van der Waals surface area (Å²) in [5.74, 6) is -0.124. The molecule has 0 radical (unpaired) electrons. The number of nitrogens with one attached hydrogen (secondary N) is 1. The molecule has 3 aromatic rings. The largest absolute Gasteiger partial charge is 0.447 e. The van der Waals surface area contributed by atoms with Crippen molar-refractivity contribution in [3.63, 3.8) is 0 Å². The molecule has 2 heterocycles. The maximum absolute atomic E-state index is 12.8. The van der Waals surface area contributed by atoms with Crippen molar-refractivity contribution in [2.75, 3.05) is 5.32 Å². The van der Waals surface area contributed by atoms with Gasteiger partial charge < -0.3 is 14.6 Å². The molecule has 1 amide bonds. The monoisotopic (exact) mass is 396 g/mol. The normalized spacial score (nSPS) is 11.9. The minimum atomic E-state index is -1.09. The van der Waals surface area contributed by atoms with Crippen molar-refractivity contribution in [1.82, 2.24) is 14.9 Å². The van der Waals surface area contributed by atoms with Gasteiger partial charge in [0.05, 0.1) is 5.69 Å². The minimum absolute atomic E-state index is 0.146. The second kappa shape index (κ2) is 8.72. The predicted molar refractivity (Wildman–Crippen MR) is 106 cm³/mol. The molecule has 1 atom stereocenters. The lowest BCUT2D eigenvalue weighted by atomic mass is 10.1. The Morgan fingerprint density at radius 3 is 2.52 bits per heavy atom. The van der Waals surface area contributed by atoms with E-state index in [0.29, 0.717) is 17.7 Å². The zero-order valence-electron chi connectivity index (χ0n) is 16.9. The highest BCUT2D eigenvalue weighted by Crippen LogP contribution is 2.22. The molecule has 0 spiro atoms. The molecular weight excluding hydrogens is 372 g/mol. The third kappa shape index (κ3) is 4.90. The first kappa shape index (κ1) is 20.3. The summed E-state index contributed by atoms with van der Waals surface area (Å²) in [6.07, 6.45) is -0.444. The quantitative estimate of drug-likeness (QED) is 0.616. The van der Waals surface area contributed by atoms with Crippen LogP contribution in [0.4, 0.5) is 5.82 Å². The fraction of sp³-hybridized carbons (Fsp3) is 0.333. The lowest BCUT2D eigenvalue weighted by Crippen LogP contribution is -2.26. The first-order chi connectivity index (χ1) is 13.8. The highest BCUT2D eigenvalue weighted by atomic mass is 16.5. The van der Waals surface area contributed by atoms with Crippen molar-refractivity contribution in [1.29, 1.82) is 0 Å². The average molecular weight is 396 g/mol. The molecule has 3 rings (SSSR count). The van der Waals surface area contributed by atoms with Crippen molar-refractivity contribution in [3.05, 3.63) is 64.7 Å². The van der Waals surface area contributed by atoms with Gasteiger partial charge in [0.25, 0.3) is 5.91 Å². The number of ether oxygens (including phenoxy) is 1. The number of nitrogens with zero attached hydrogens (tertiary/aromatic N) is 3. The Morgan fingerprint density at radius 1 is 1.21 bits per heavy atom. The molecule has 0 aliphatic heterocycles. The van der Waals surface area contributed by atoms with Crippen LogP contribution in [0.5, 0.6) is 0 Å². The van der Waals surface area contributed by atoms with E-state index in [9.17, 15) is 9.59 Å². The minimum Gasteiger partial charge on any atom is -0.447 e. The van der Waals surface area contributed by atoms with Crippen molar-refractivity contribution in [2.24, 2.45) is 7.05 Å². The summed E-state index contributed by atoms with van der Waals surface area (Å²) in [6, 6.07) is 10.5. The molecule has 29 heavy (non-hydrogen) atoms. The van der Waals surface area contributed by atoms with Crippen LogP contribution in [0, 0.1) is 20.8 Å². The summed E-state index contributed by atoms with van der Waals surface area (Å²) < 4.78 is 12.3. The van der Waals surface area contributed by atoms with Crippen molar-refractivity contribution >= 4 is 17.7 Å². The molecular formula is C21H24N4O4. The number of hydrogen-bond acceptors (Lipinski definition) is 6. The lowest BCUT2D eigenvalue weighted by molar-refractivity contribution is -0.154. The van der Waals surface area contributed by atoms with E-state index in [1.165, 1.54) is 0 Å². The summed E-state index contributed by atoms with van der Waals surface area (Å²) in [5.41, 5.74) is 3.49. The molecule has 1 unspecified atom stereocenters. The first-order valence-corrected chi connectivity index (χ1v) is 9.33. The van der Waals surface area contributed by atoms with Gasteiger partial charge in [0.2, 0.25) is 6.10 Å². The number of aromatic nitrogens is 3. The van der Waals surface area contributed by atoms with Gasteiger partial charge in [0.1, 0.15) is 5.76 Å². The zero-order valence-corrected chi connectivity index (χ0v) is 16.9. The molecule has 0 saturated carbocycles. The van der Waals surface area contributed by atoms with Crippen LogP contribution in [0.3, 0.4) is 0 Å². The molecule has 0 aliphatic rings. The van der Waals surface area contributed by atoms with Crippen molar-refractivity contribution in [3.8, 4) is 0 Å². The van der Waals surface area contributed by atoms with E-state index in [1.807, 2.05) is 27.0 Å². The highest BCUT2D eigenvalue weighted by molar-refractivity contribution is 5.95. The maximum Gasteiger partial charge on any atom is 0.307 e. The molecule has 0 saturated heterocycles. The molecule has 8 nitrogen and oxygen atoms in total. The van der Waals surface area contributed by atoms with E-state index in [4.69, 9.17) is 9.26 Å². The smallest absolute Gasteiger partial charge is 0.307 e. The Bertz CT molecular complexity index is 1010. The highest BCUT2D eigenvalue weighted by Gasteiger charge is 2.26. The Kier molecular flexibility index (Phi) is 6.11. The Labute approximate surface area is 168 Å². The van der Waals surface area contributed by atoms with Gasteiger partial charge in [0, 0.05) is 30.8 Å². The van der Waals surface area contributed by atoms with Gasteiger partial charge in [-0.1, -0.05) is 35.5 Å². The van der Waals surface area contributed by atoms with Crippen LogP contribution in [-0.4, -0.2) is 26.8 Å². The topological polar surface area (TPSA) is 99.2 Å². The third-order valence-electron chi connectivity index (χ3n) is 4.71. The van der Waals surface area contributed by atoms with Gasteiger partial charge in [0.15, 0.2) is 5.82 Å². The Morgan fingerprint density at radius 2 is 1.93 bits per heavy atom. The average Bonchev–Trinajstić information content (AvgIpc) is 3.21. The van der Waals surface area contributed by atoms with E-state index in [0.717, 1.165) is 17.0 Å². The van der Waals surface area contributed by atoms with Crippen LogP contribution in [0.15, 0.2) is 40.9 Å². The van der Waals surface area contributed by atoms with Gasteiger partial charge in [-0.2, -0.15) is 5.10 Å². The third-order valence-corrected chi connectivity index (χ3v) is 4.71. The number of carbonyl (C=O) groups excluding carboxylic acids is 2. The lowest BCUT2D eigenvalue weighted by Gasteiger charge is -2.17. The van der Waals surface area contributed by atoms with Crippen LogP contribution in [0.1, 0.15) is 40.8 Å². The number of anilines is 1. The molecule has 0 aliphatic carbocycles. The standard InChI is InChI=1S/C21H24N4O4/c1-13-12-18(24-29-13)22-21(27)20(16-8-6-5-7-9-16)28-19(26)11-10-17-14(2)23-25(4)15(17)3/h5-9,12,20H,10-11H2,1-4H3,(H,22,24,27). The van der Waals surface area contributed by atoms with Gasteiger partial charge in [-0.3, -0.25) is 14.3 Å². The Hall–Kier alpha value is -3.42. The number of rotatable bonds is 7. The van der Waals surface area contributed by atoms with Gasteiger partial charge in [-0.05, 0) is 32.8 Å². The maximum atomic E-state index is 12.8. The van der Waals surface area contributed by atoms with E-state index >= 15 is 0 Å². The van der Waals surface area contributed by atoms with Gasteiger partial charge >= 0.3 is 5.97 Å². The summed E-state index contributed by atoms with van der Waals surface area (Å²) in [6.45, 7) is 5.59. The second-order valence-corrected chi connectivity index (χ2v) is 6.87. The molecule has 1 aromatic carbocycles. The fourth-order valence-corrected chi connectivity index (χ4v) is 3.11. The number of hydrogen-bond donors (Lipinski definition) is 1. The van der Waals surface area contributed by atoms with Gasteiger partial charge in [-0.15, -0.1) is 0 Å². The molecule has 8 heteroatoms. The van der Waals surface area contributed by atoms with Crippen LogP contribution in [-0.2, 0) is 27.8 Å². The molecule has 2 aromatic heterocycles. The molecule has 0 bridgehead atoms. The van der Waals surface area contributed by atoms with E-state index in [2.05, 4.69) is 15.6 Å². The number of esters is 1. The molecule has 1 N–H and O–H groups in total. The predicted octanol–water partition coefficient (Wildman–Crippen LogP) is 3.19. The summed E-state index contributed by atoms with van der Waals surface area (Å²) >= 11 is 0. The van der Waals surface area contributed by atoms with Crippen LogP contribution < -0.4 is 5.32 Å². The van der Waals surface area contributed by atoms with Crippen molar-refractivity contribution < 1.29 is 18.8 Å². The van der Waals surface area contributed by atoms with E-state index in [-0.39, 0.29) is 12.2 Å². The summed E-state index contributed by atoms with van der Waals surface area (Å²) in [7, 11) is 1.87. The fourth-order valence-electron chi connectivity index (χ4n) is 3.11.